The third-order valence-corrected chi connectivity index (χ3v) is 3.21. The second kappa shape index (κ2) is 5.52. The number of hydrogen-bond donors (Lipinski definition) is 1. The van der Waals surface area contributed by atoms with Gasteiger partial charge in [-0.15, -0.1) is 0 Å². The van der Waals surface area contributed by atoms with Gasteiger partial charge in [-0.2, -0.15) is 0 Å². The number of nitrogens with one attached hydrogen (secondary N) is 1. The van der Waals surface area contributed by atoms with Crippen LogP contribution in [0.4, 0.5) is 5.82 Å². The molecule has 0 radical (unpaired) electrons. The van der Waals surface area contributed by atoms with Crippen LogP contribution in [0.2, 0.25) is 0 Å². The van der Waals surface area contributed by atoms with Gasteiger partial charge in [0.05, 0.1) is 0 Å². The molecule has 0 amide bonds. The van der Waals surface area contributed by atoms with E-state index in [-0.39, 0.29) is 5.56 Å². The van der Waals surface area contributed by atoms with Crippen molar-refractivity contribution in [2.75, 3.05) is 25.5 Å². The smallest absolute Gasteiger partial charge is 0.293 e. The van der Waals surface area contributed by atoms with E-state index in [9.17, 15) is 4.79 Å². The van der Waals surface area contributed by atoms with Gasteiger partial charge in [0.1, 0.15) is 0 Å². The lowest BCUT2D eigenvalue weighted by Crippen LogP contribution is -2.31. The number of hydrogen-bond acceptors (Lipinski definition) is 4. The lowest BCUT2D eigenvalue weighted by Gasteiger charge is -2.14. The Bertz CT molecular complexity index is 455. The van der Waals surface area contributed by atoms with Gasteiger partial charge in [0, 0.05) is 31.5 Å². The van der Waals surface area contributed by atoms with Crippen molar-refractivity contribution in [2.24, 2.45) is 5.92 Å². The Morgan fingerprint density at radius 3 is 2.94 bits per heavy atom. The van der Waals surface area contributed by atoms with Gasteiger partial charge in [-0.1, -0.05) is 13.8 Å². The SMILES string of the molecule is CC(C)Cn1ccnc(NC2CCN(C)C2)c1=O. The van der Waals surface area contributed by atoms with Crippen LogP contribution in [0.5, 0.6) is 0 Å². The summed E-state index contributed by atoms with van der Waals surface area (Å²) in [7, 11) is 2.09. The number of likely N-dealkylation sites (N-methyl/N-ethyl adjacent to an activating group) is 1. The molecule has 2 heterocycles. The van der Waals surface area contributed by atoms with Crippen LogP contribution >= 0.6 is 0 Å². The standard InChI is InChI=1S/C13H22N4O/c1-10(2)8-17-7-5-14-12(13(17)18)15-11-4-6-16(3)9-11/h5,7,10-11H,4,6,8-9H2,1-3H3,(H,14,15). The van der Waals surface area contributed by atoms with Gasteiger partial charge in [-0.25, -0.2) is 4.98 Å². The van der Waals surface area contributed by atoms with Crippen LogP contribution in [0.1, 0.15) is 20.3 Å². The summed E-state index contributed by atoms with van der Waals surface area (Å²) in [6.07, 6.45) is 4.52. The number of anilines is 1. The van der Waals surface area contributed by atoms with Crippen molar-refractivity contribution in [2.45, 2.75) is 32.9 Å². The zero-order valence-electron chi connectivity index (χ0n) is 11.4. The topological polar surface area (TPSA) is 50.2 Å². The van der Waals surface area contributed by atoms with Crippen LogP contribution in [-0.2, 0) is 6.54 Å². The van der Waals surface area contributed by atoms with Gasteiger partial charge in [-0.05, 0) is 25.9 Å². The Morgan fingerprint density at radius 2 is 2.33 bits per heavy atom. The number of likely N-dealkylation sites (tertiary alicyclic amines) is 1. The molecule has 0 aromatic carbocycles. The molecule has 0 bridgehead atoms. The maximum atomic E-state index is 12.2. The van der Waals surface area contributed by atoms with E-state index in [0.717, 1.165) is 26.1 Å². The quantitative estimate of drug-likeness (QED) is 0.866. The molecule has 1 N–H and O–H groups in total. The normalized spacial score (nSPS) is 20.6. The molecule has 1 aromatic rings. The minimum absolute atomic E-state index is 0.0132. The van der Waals surface area contributed by atoms with Crippen LogP contribution in [0.15, 0.2) is 17.2 Å². The maximum absolute atomic E-state index is 12.2. The van der Waals surface area contributed by atoms with Crippen molar-refractivity contribution in [1.82, 2.24) is 14.5 Å². The van der Waals surface area contributed by atoms with E-state index in [0.29, 0.717) is 17.8 Å². The van der Waals surface area contributed by atoms with Gasteiger partial charge in [-0.3, -0.25) is 4.79 Å². The Kier molecular flexibility index (Phi) is 4.01. The number of nitrogens with zero attached hydrogens (tertiary/aromatic N) is 3. The zero-order valence-corrected chi connectivity index (χ0v) is 11.4. The molecular weight excluding hydrogens is 228 g/mol. The molecule has 5 heteroatoms. The van der Waals surface area contributed by atoms with Crippen molar-refractivity contribution >= 4 is 5.82 Å². The van der Waals surface area contributed by atoms with Gasteiger partial charge < -0.3 is 14.8 Å². The molecule has 1 saturated heterocycles. The lowest BCUT2D eigenvalue weighted by atomic mass is 10.2. The molecule has 1 aliphatic heterocycles. The van der Waals surface area contributed by atoms with Crippen molar-refractivity contribution in [3.8, 4) is 0 Å². The molecule has 0 spiro atoms. The molecule has 1 aromatic heterocycles. The minimum Gasteiger partial charge on any atom is -0.361 e. The van der Waals surface area contributed by atoms with Crippen molar-refractivity contribution in [3.05, 3.63) is 22.7 Å². The molecular formula is C13H22N4O. The first-order chi connectivity index (χ1) is 8.56. The predicted octanol–water partition coefficient (Wildman–Crippen LogP) is 1.02. The van der Waals surface area contributed by atoms with Crippen LogP contribution in [-0.4, -0.2) is 40.6 Å². The van der Waals surface area contributed by atoms with Gasteiger partial charge in [0.2, 0.25) is 0 Å². The maximum Gasteiger partial charge on any atom is 0.293 e. The second-order valence-electron chi connectivity index (χ2n) is 5.52. The van der Waals surface area contributed by atoms with Crippen LogP contribution in [0, 0.1) is 5.92 Å². The highest BCUT2D eigenvalue weighted by Gasteiger charge is 2.20. The third-order valence-electron chi connectivity index (χ3n) is 3.21. The molecule has 0 aliphatic carbocycles. The van der Waals surface area contributed by atoms with Gasteiger partial charge in [0.15, 0.2) is 5.82 Å². The van der Waals surface area contributed by atoms with E-state index < -0.39 is 0 Å². The lowest BCUT2D eigenvalue weighted by molar-refractivity contribution is 0.414. The highest BCUT2D eigenvalue weighted by molar-refractivity contribution is 5.32. The molecule has 100 valence electrons. The van der Waals surface area contributed by atoms with Gasteiger partial charge >= 0.3 is 0 Å². The monoisotopic (exact) mass is 250 g/mol. The summed E-state index contributed by atoms with van der Waals surface area (Å²) in [5.41, 5.74) is -0.0132. The minimum atomic E-state index is -0.0132. The van der Waals surface area contributed by atoms with Crippen LogP contribution in [0.3, 0.4) is 0 Å². The Balaban J connectivity index is 2.11. The fourth-order valence-corrected chi connectivity index (χ4v) is 2.33. The Labute approximate surface area is 108 Å². The molecule has 2 rings (SSSR count). The fourth-order valence-electron chi connectivity index (χ4n) is 2.33. The molecule has 1 fully saturated rings. The molecule has 1 atom stereocenters. The highest BCUT2D eigenvalue weighted by Crippen LogP contribution is 2.10. The van der Waals surface area contributed by atoms with E-state index in [1.807, 2.05) is 0 Å². The summed E-state index contributed by atoms with van der Waals surface area (Å²) >= 11 is 0. The van der Waals surface area contributed by atoms with Crippen molar-refractivity contribution in [1.29, 1.82) is 0 Å². The van der Waals surface area contributed by atoms with E-state index >= 15 is 0 Å². The molecule has 5 nitrogen and oxygen atoms in total. The Morgan fingerprint density at radius 1 is 1.56 bits per heavy atom. The third kappa shape index (κ3) is 3.10. The summed E-state index contributed by atoms with van der Waals surface area (Å²) in [6, 6.07) is 0.338. The fraction of sp³-hybridized carbons (Fsp3) is 0.692. The van der Waals surface area contributed by atoms with Crippen molar-refractivity contribution < 1.29 is 0 Å². The number of aromatic nitrogens is 2. The van der Waals surface area contributed by atoms with E-state index in [4.69, 9.17) is 0 Å². The first-order valence-electron chi connectivity index (χ1n) is 6.57. The molecule has 1 unspecified atom stereocenters. The number of rotatable bonds is 4. The first kappa shape index (κ1) is 13.1. The average Bonchev–Trinajstić information content (AvgIpc) is 2.69. The first-order valence-corrected chi connectivity index (χ1v) is 6.57. The largest absolute Gasteiger partial charge is 0.361 e. The van der Waals surface area contributed by atoms with E-state index in [1.165, 1.54) is 0 Å². The summed E-state index contributed by atoms with van der Waals surface area (Å²) in [6.45, 7) is 6.99. The zero-order chi connectivity index (χ0) is 13.1. The Hall–Kier alpha value is -1.36. The highest BCUT2D eigenvalue weighted by atomic mass is 16.1. The predicted molar refractivity (Wildman–Crippen MR) is 72.9 cm³/mol. The second-order valence-corrected chi connectivity index (χ2v) is 5.52. The summed E-state index contributed by atoms with van der Waals surface area (Å²) in [4.78, 5) is 18.6. The van der Waals surface area contributed by atoms with Gasteiger partial charge in [0.25, 0.3) is 5.56 Å². The van der Waals surface area contributed by atoms with Crippen molar-refractivity contribution in [3.63, 3.8) is 0 Å². The average molecular weight is 250 g/mol. The van der Waals surface area contributed by atoms with Crippen LogP contribution in [0.25, 0.3) is 0 Å². The van der Waals surface area contributed by atoms with Crippen LogP contribution < -0.4 is 10.9 Å². The summed E-state index contributed by atoms with van der Waals surface area (Å²) < 4.78 is 1.73. The van der Waals surface area contributed by atoms with E-state index in [2.05, 4.69) is 36.1 Å². The summed E-state index contributed by atoms with van der Waals surface area (Å²) in [5.74, 6) is 0.939. The molecule has 0 saturated carbocycles. The molecule has 1 aliphatic rings. The summed E-state index contributed by atoms with van der Waals surface area (Å²) in [5, 5.41) is 3.27. The molecule has 18 heavy (non-hydrogen) atoms. The van der Waals surface area contributed by atoms with E-state index in [1.54, 1.807) is 17.0 Å².